The fourth-order valence-electron chi connectivity index (χ4n) is 1.79. The van der Waals surface area contributed by atoms with E-state index in [4.69, 9.17) is 9.47 Å². The Balaban J connectivity index is 1.86. The van der Waals surface area contributed by atoms with Gasteiger partial charge in [-0.2, -0.15) is 0 Å². The molecule has 0 aromatic heterocycles. The van der Waals surface area contributed by atoms with E-state index in [1.54, 1.807) is 0 Å². The van der Waals surface area contributed by atoms with Crippen molar-refractivity contribution in [3.63, 3.8) is 0 Å². The van der Waals surface area contributed by atoms with Gasteiger partial charge >= 0.3 is 5.97 Å². The van der Waals surface area contributed by atoms with Crippen molar-refractivity contribution in [3.8, 4) is 5.75 Å². The van der Waals surface area contributed by atoms with Gasteiger partial charge in [0.1, 0.15) is 19.0 Å². The molecular weight excluding hydrogens is 366 g/mol. The Hall–Kier alpha value is -2.41. The fourth-order valence-corrected chi connectivity index (χ4v) is 2.18. The Bertz CT molecular complexity index is 715. The molecule has 0 N–H and O–H groups in total. The third-order valence-electron chi connectivity index (χ3n) is 2.98. The Labute approximate surface area is 141 Å². The van der Waals surface area contributed by atoms with Crippen LogP contribution in [0.4, 0.5) is 5.69 Å². The van der Waals surface area contributed by atoms with Gasteiger partial charge in [0.25, 0.3) is 5.69 Å². The molecule has 0 fully saturated rings. The molecule has 0 heterocycles. The van der Waals surface area contributed by atoms with Gasteiger partial charge in [0.2, 0.25) is 0 Å². The molecule has 2 rings (SSSR count). The second kappa shape index (κ2) is 7.73. The minimum Gasteiger partial charge on any atom is -0.490 e. The molecule has 0 saturated carbocycles. The minimum atomic E-state index is -0.631. The van der Waals surface area contributed by atoms with E-state index in [-0.39, 0.29) is 24.5 Å². The molecule has 0 bridgehead atoms. The van der Waals surface area contributed by atoms with Gasteiger partial charge in [0, 0.05) is 6.07 Å². The molecule has 0 spiro atoms. The lowest BCUT2D eigenvalue weighted by Gasteiger charge is -2.08. The van der Waals surface area contributed by atoms with Gasteiger partial charge < -0.3 is 9.47 Å². The molecule has 6 nitrogen and oxygen atoms in total. The number of esters is 1. The summed E-state index contributed by atoms with van der Waals surface area (Å²) < 4.78 is 10.8. The number of rotatable bonds is 6. The van der Waals surface area contributed by atoms with E-state index in [0.29, 0.717) is 10.2 Å². The summed E-state index contributed by atoms with van der Waals surface area (Å²) in [4.78, 5) is 22.1. The minimum absolute atomic E-state index is 0.0522. The first-order valence-corrected chi connectivity index (χ1v) is 7.57. The summed E-state index contributed by atoms with van der Waals surface area (Å²) in [5.41, 5.74) is 1.06. The lowest BCUT2D eigenvalue weighted by molar-refractivity contribution is -0.385. The molecule has 0 amide bonds. The van der Waals surface area contributed by atoms with Crippen LogP contribution in [0.3, 0.4) is 0 Å². The standard InChI is InChI=1S/C16H14BrNO5/c1-11-2-5-13(6-3-11)22-8-9-23-16(19)12-4-7-14(17)15(10-12)18(20)21/h2-7,10H,8-9H2,1H3. The quantitative estimate of drug-likeness (QED) is 0.329. The summed E-state index contributed by atoms with van der Waals surface area (Å²) >= 11 is 3.06. The Morgan fingerprint density at radius 1 is 1.17 bits per heavy atom. The lowest BCUT2D eigenvalue weighted by atomic mass is 10.2. The number of carbonyl (C=O) groups is 1. The summed E-state index contributed by atoms with van der Waals surface area (Å²) in [7, 11) is 0. The molecule has 0 aliphatic rings. The van der Waals surface area contributed by atoms with Crippen LogP contribution in [-0.2, 0) is 4.74 Å². The number of ether oxygens (including phenoxy) is 2. The predicted molar refractivity (Wildman–Crippen MR) is 87.8 cm³/mol. The monoisotopic (exact) mass is 379 g/mol. The largest absolute Gasteiger partial charge is 0.490 e. The average Bonchev–Trinajstić information content (AvgIpc) is 2.53. The van der Waals surface area contributed by atoms with Gasteiger partial charge in [-0.05, 0) is 47.1 Å². The number of carbonyl (C=O) groups excluding carboxylic acids is 1. The normalized spacial score (nSPS) is 10.2. The zero-order valence-corrected chi connectivity index (χ0v) is 13.9. The van der Waals surface area contributed by atoms with E-state index in [9.17, 15) is 14.9 Å². The zero-order valence-electron chi connectivity index (χ0n) is 12.3. The Kier molecular flexibility index (Phi) is 5.70. The van der Waals surface area contributed by atoms with Crippen molar-refractivity contribution in [3.05, 3.63) is 68.2 Å². The van der Waals surface area contributed by atoms with E-state index in [1.807, 2.05) is 31.2 Å². The van der Waals surface area contributed by atoms with Crippen molar-refractivity contribution < 1.29 is 19.2 Å². The average molecular weight is 380 g/mol. The highest BCUT2D eigenvalue weighted by Gasteiger charge is 2.16. The summed E-state index contributed by atoms with van der Waals surface area (Å²) in [6.07, 6.45) is 0. The molecule has 2 aromatic rings. The summed E-state index contributed by atoms with van der Waals surface area (Å²) in [6, 6.07) is 11.6. The van der Waals surface area contributed by atoms with Crippen LogP contribution >= 0.6 is 15.9 Å². The molecule has 7 heteroatoms. The van der Waals surface area contributed by atoms with Crippen LogP contribution in [0.1, 0.15) is 15.9 Å². The van der Waals surface area contributed by atoms with Gasteiger partial charge in [-0.25, -0.2) is 4.79 Å². The maximum Gasteiger partial charge on any atom is 0.338 e. The third kappa shape index (κ3) is 4.79. The SMILES string of the molecule is Cc1ccc(OCCOC(=O)c2ccc(Br)c([N+](=O)[O-])c2)cc1. The number of aryl methyl sites for hydroxylation is 1. The number of nitrogens with zero attached hydrogens (tertiary/aromatic N) is 1. The first kappa shape index (κ1) is 17.0. The van der Waals surface area contributed by atoms with Crippen molar-refractivity contribution in [2.45, 2.75) is 6.92 Å². The fraction of sp³-hybridized carbons (Fsp3) is 0.188. The van der Waals surface area contributed by atoms with Crippen LogP contribution < -0.4 is 4.74 Å². The van der Waals surface area contributed by atoms with Crippen LogP contribution in [0, 0.1) is 17.0 Å². The molecule has 0 aliphatic heterocycles. The van der Waals surface area contributed by atoms with Gasteiger partial charge in [-0.3, -0.25) is 10.1 Å². The van der Waals surface area contributed by atoms with E-state index in [0.717, 1.165) is 5.56 Å². The van der Waals surface area contributed by atoms with Gasteiger partial charge in [-0.1, -0.05) is 17.7 Å². The molecule has 2 aromatic carbocycles. The zero-order chi connectivity index (χ0) is 16.8. The van der Waals surface area contributed by atoms with Crippen molar-refractivity contribution in [1.29, 1.82) is 0 Å². The van der Waals surface area contributed by atoms with Crippen molar-refractivity contribution in [2.24, 2.45) is 0 Å². The number of benzene rings is 2. The maximum atomic E-state index is 11.9. The number of hydrogen-bond acceptors (Lipinski definition) is 5. The number of nitro groups is 1. The molecule has 0 unspecified atom stereocenters. The Morgan fingerprint density at radius 2 is 1.87 bits per heavy atom. The highest BCUT2D eigenvalue weighted by Crippen LogP contribution is 2.25. The number of halogens is 1. The molecule has 0 atom stereocenters. The molecule has 23 heavy (non-hydrogen) atoms. The van der Waals surface area contributed by atoms with E-state index >= 15 is 0 Å². The maximum absolute atomic E-state index is 11.9. The second-order valence-corrected chi connectivity index (χ2v) is 5.58. The topological polar surface area (TPSA) is 78.7 Å². The van der Waals surface area contributed by atoms with Crippen LogP contribution in [0.5, 0.6) is 5.75 Å². The van der Waals surface area contributed by atoms with Crippen molar-refractivity contribution in [2.75, 3.05) is 13.2 Å². The third-order valence-corrected chi connectivity index (χ3v) is 3.66. The second-order valence-electron chi connectivity index (χ2n) is 4.72. The smallest absolute Gasteiger partial charge is 0.338 e. The van der Waals surface area contributed by atoms with Crippen LogP contribution in [-0.4, -0.2) is 24.1 Å². The van der Waals surface area contributed by atoms with Crippen molar-refractivity contribution >= 4 is 27.6 Å². The molecular formula is C16H14BrNO5. The highest BCUT2D eigenvalue weighted by atomic mass is 79.9. The van der Waals surface area contributed by atoms with Gasteiger partial charge in [0.05, 0.1) is 15.0 Å². The summed E-state index contributed by atoms with van der Waals surface area (Å²) in [5.74, 6) is 0.0547. The van der Waals surface area contributed by atoms with E-state index in [2.05, 4.69) is 15.9 Å². The lowest BCUT2D eigenvalue weighted by Crippen LogP contribution is -2.12. The van der Waals surface area contributed by atoms with E-state index < -0.39 is 10.9 Å². The first-order chi connectivity index (χ1) is 11.0. The van der Waals surface area contributed by atoms with Crippen LogP contribution in [0.25, 0.3) is 0 Å². The van der Waals surface area contributed by atoms with Crippen molar-refractivity contribution in [1.82, 2.24) is 0 Å². The molecule has 0 radical (unpaired) electrons. The van der Waals surface area contributed by atoms with Crippen LogP contribution in [0.2, 0.25) is 0 Å². The van der Waals surface area contributed by atoms with E-state index in [1.165, 1.54) is 18.2 Å². The molecule has 0 saturated heterocycles. The highest BCUT2D eigenvalue weighted by molar-refractivity contribution is 9.10. The molecule has 0 aliphatic carbocycles. The molecule has 120 valence electrons. The summed E-state index contributed by atoms with van der Waals surface area (Å²) in [5, 5.41) is 10.8. The predicted octanol–water partition coefficient (Wildman–Crippen LogP) is 3.90. The number of nitro benzene ring substituents is 1. The summed E-state index contributed by atoms with van der Waals surface area (Å²) in [6.45, 7) is 2.23. The van der Waals surface area contributed by atoms with Gasteiger partial charge in [-0.15, -0.1) is 0 Å². The first-order valence-electron chi connectivity index (χ1n) is 6.78. The van der Waals surface area contributed by atoms with Gasteiger partial charge in [0.15, 0.2) is 0 Å². The Morgan fingerprint density at radius 3 is 2.52 bits per heavy atom. The number of hydrogen-bond donors (Lipinski definition) is 0. The van der Waals surface area contributed by atoms with Crippen LogP contribution in [0.15, 0.2) is 46.9 Å².